The molecule has 3 rings (SSSR count). The van der Waals surface area contributed by atoms with Crippen molar-refractivity contribution < 1.29 is 9.21 Å². The van der Waals surface area contributed by atoms with Gasteiger partial charge in [0.25, 0.3) is 5.91 Å². The summed E-state index contributed by atoms with van der Waals surface area (Å²) in [6.45, 7) is 0. The fourth-order valence-corrected chi connectivity index (χ4v) is 2.00. The van der Waals surface area contributed by atoms with Gasteiger partial charge in [-0.25, -0.2) is 0 Å². The molecule has 0 aliphatic heterocycles. The molecule has 6 heteroatoms. The highest BCUT2D eigenvalue weighted by Gasteiger charge is 2.14. The summed E-state index contributed by atoms with van der Waals surface area (Å²) in [6, 6.07) is 16.1. The molecule has 0 saturated carbocycles. The maximum atomic E-state index is 12.1. The van der Waals surface area contributed by atoms with E-state index in [9.17, 15) is 4.79 Å². The third kappa shape index (κ3) is 2.93. The SMILES string of the molecule is O=C(Nc1nnc(-c2ccccc2)o1)c1ccccc1Cl. The van der Waals surface area contributed by atoms with Gasteiger partial charge < -0.3 is 4.42 Å². The van der Waals surface area contributed by atoms with Crippen molar-refractivity contribution in [1.82, 2.24) is 10.2 Å². The predicted molar refractivity (Wildman–Crippen MR) is 79.1 cm³/mol. The number of carbonyl (C=O) groups excluding carboxylic acids is 1. The number of hydrogen-bond donors (Lipinski definition) is 1. The second kappa shape index (κ2) is 5.76. The van der Waals surface area contributed by atoms with Gasteiger partial charge in [0.1, 0.15) is 0 Å². The summed E-state index contributed by atoms with van der Waals surface area (Å²) in [7, 11) is 0. The van der Waals surface area contributed by atoms with Crippen LogP contribution in [0.2, 0.25) is 5.02 Å². The normalized spacial score (nSPS) is 10.3. The van der Waals surface area contributed by atoms with Crippen molar-refractivity contribution in [2.45, 2.75) is 0 Å². The van der Waals surface area contributed by atoms with Gasteiger partial charge in [-0.2, -0.15) is 0 Å². The number of anilines is 1. The van der Waals surface area contributed by atoms with E-state index in [1.165, 1.54) is 0 Å². The number of nitrogens with one attached hydrogen (secondary N) is 1. The average molecular weight is 300 g/mol. The highest BCUT2D eigenvalue weighted by molar-refractivity contribution is 6.34. The van der Waals surface area contributed by atoms with Gasteiger partial charge >= 0.3 is 6.01 Å². The van der Waals surface area contributed by atoms with E-state index in [1.54, 1.807) is 24.3 Å². The highest BCUT2D eigenvalue weighted by atomic mass is 35.5. The number of carbonyl (C=O) groups is 1. The number of benzene rings is 2. The first-order chi connectivity index (χ1) is 10.2. The van der Waals surface area contributed by atoms with Crippen molar-refractivity contribution in [1.29, 1.82) is 0 Å². The van der Waals surface area contributed by atoms with Crippen LogP contribution in [-0.2, 0) is 0 Å². The van der Waals surface area contributed by atoms with Crippen LogP contribution in [0.25, 0.3) is 11.5 Å². The third-order valence-corrected chi connectivity index (χ3v) is 3.11. The van der Waals surface area contributed by atoms with Crippen LogP contribution in [0.15, 0.2) is 59.0 Å². The van der Waals surface area contributed by atoms with Gasteiger partial charge in [0, 0.05) is 5.56 Å². The Labute approximate surface area is 125 Å². The molecule has 0 fully saturated rings. The monoisotopic (exact) mass is 299 g/mol. The highest BCUT2D eigenvalue weighted by Crippen LogP contribution is 2.20. The van der Waals surface area contributed by atoms with Crippen LogP contribution in [0.5, 0.6) is 0 Å². The molecule has 0 aliphatic carbocycles. The van der Waals surface area contributed by atoms with E-state index in [0.717, 1.165) is 5.56 Å². The van der Waals surface area contributed by atoms with Crippen LogP contribution in [0.4, 0.5) is 6.01 Å². The van der Waals surface area contributed by atoms with Crippen molar-refractivity contribution in [3.05, 3.63) is 65.2 Å². The molecular weight excluding hydrogens is 290 g/mol. The summed E-state index contributed by atoms with van der Waals surface area (Å²) in [5.74, 6) is -0.0612. The second-order valence-electron chi connectivity index (χ2n) is 4.21. The van der Waals surface area contributed by atoms with Gasteiger partial charge in [0.05, 0.1) is 10.6 Å². The zero-order valence-electron chi connectivity index (χ0n) is 10.8. The molecule has 0 atom stereocenters. The molecule has 0 spiro atoms. The van der Waals surface area contributed by atoms with Crippen molar-refractivity contribution in [3.63, 3.8) is 0 Å². The van der Waals surface area contributed by atoms with E-state index < -0.39 is 5.91 Å². The molecule has 1 heterocycles. The molecule has 0 aliphatic rings. The van der Waals surface area contributed by atoms with Gasteiger partial charge in [-0.3, -0.25) is 10.1 Å². The molecule has 0 unspecified atom stereocenters. The first-order valence-corrected chi connectivity index (χ1v) is 6.56. The van der Waals surface area contributed by atoms with Crippen LogP contribution in [0, 0.1) is 0 Å². The average Bonchev–Trinajstić information content (AvgIpc) is 2.97. The first kappa shape index (κ1) is 13.3. The fraction of sp³-hybridized carbons (Fsp3) is 0. The first-order valence-electron chi connectivity index (χ1n) is 6.19. The molecular formula is C15H10ClN3O2. The van der Waals surface area contributed by atoms with Crippen LogP contribution in [0.3, 0.4) is 0 Å². The minimum Gasteiger partial charge on any atom is -0.403 e. The molecule has 0 bridgehead atoms. The third-order valence-electron chi connectivity index (χ3n) is 2.78. The molecule has 0 saturated heterocycles. The lowest BCUT2D eigenvalue weighted by molar-refractivity contribution is 0.102. The standard InChI is InChI=1S/C15H10ClN3O2/c16-12-9-5-4-8-11(12)13(20)17-15-19-18-14(21-15)10-6-2-1-3-7-10/h1-9H,(H,17,19,20). The lowest BCUT2D eigenvalue weighted by Gasteiger charge is -2.02. The number of amides is 1. The summed E-state index contributed by atoms with van der Waals surface area (Å²) < 4.78 is 5.40. The Kier molecular flexibility index (Phi) is 3.66. The summed E-state index contributed by atoms with van der Waals surface area (Å²) in [5, 5.41) is 10.6. The van der Waals surface area contributed by atoms with Crippen molar-refractivity contribution >= 4 is 23.5 Å². The predicted octanol–water partition coefficient (Wildman–Crippen LogP) is 3.64. The maximum absolute atomic E-state index is 12.1. The van der Waals surface area contributed by atoms with E-state index >= 15 is 0 Å². The van der Waals surface area contributed by atoms with Crippen LogP contribution >= 0.6 is 11.6 Å². The topological polar surface area (TPSA) is 68.0 Å². The number of hydrogen-bond acceptors (Lipinski definition) is 4. The molecule has 5 nitrogen and oxygen atoms in total. The Morgan fingerprint density at radius 2 is 1.71 bits per heavy atom. The van der Waals surface area contributed by atoms with E-state index in [-0.39, 0.29) is 6.01 Å². The molecule has 1 N–H and O–H groups in total. The van der Waals surface area contributed by atoms with E-state index in [1.807, 2.05) is 30.3 Å². The molecule has 104 valence electrons. The summed E-state index contributed by atoms with van der Waals surface area (Å²) >= 11 is 5.96. The fourth-order valence-electron chi connectivity index (χ4n) is 1.78. The van der Waals surface area contributed by atoms with Gasteiger partial charge in [-0.1, -0.05) is 47.0 Å². The molecule has 1 aromatic heterocycles. The van der Waals surface area contributed by atoms with Crippen molar-refractivity contribution in [2.24, 2.45) is 0 Å². The number of aromatic nitrogens is 2. The zero-order chi connectivity index (χ0) is 14.7. The Hall–Kier alpha value is -2.66. The smallest absolute Gasteiger partial charge is 0.322 e. The molecule has 1 amide bonds. The van der Waals surface area contributed by atoms with Crippen LogP contribution in [-0.4, -0.2) is 16.1 Å². The molecule has 3 aromatic rings. The number of halogens is 1. The quantitative estimate of drug-likeness (QED) is 0.801. The lowest BCUT2D eigenvalue weighted by atomic mass is 10.2. The molecule has 0 radical (unpaired) electrons. The van der Waals surface area contributed by atoms with E-state index in [0.29, 0.717) is 16.5 Å². The second-order valence-corrected chi connectivity index (χ2v) is 4.62. The van der Waals surface area contributed by atoms with E-state index in [4.69, 9.17) is 16.0 Å². The number of nitrogens with zero attached hydrogens (tertiary/aromatic N) is 2. The van der Waals surface area contributed by atoms with Crippen molar-refractivity contribution in [2.75, 3.05) is 5.32 Å². The summed E-state index contributed by atoms with van der Waals surface area (Å²) in [6.07, 6.45) is 0. The van der Waals surface area contributed by atoms with Gasteiger partial charge in [0.15, 0.2) is 0 Å². The van der Waals surface area contributed by atoms with Gasteiger partial charge in [-0.05, 0) is 24.3 Å². The van der Waals surface area contributed by atoms with Gasteiger partial charge in [0.2, 0.25) is 5.89 Å². The minimum absolute atomic E-state index is 0.0266. The maximum Gasteiger partial charge on any atom is 0.322 e. The Morgan fingerprint density at radius 1 is 1.00 bits per heavy atom. The number of rotatable bonds is 3. The van der Waals surface area contributed by atoms with E-state index in [2.05, 4.69) is 15.5 Å². The molecule has 21 heavy (non-hydrogen) atoms. The van der Waals surface area contributed by atoms with Crippen molar-refractivity contribution in [3.8, 4) is 11.5 Å². The Balaban J connectivity index is 1.79. The summed E-state index contributed by atoms with van der Waals surface area (Å²) in [5.41, 5.74) is 1.13. The van der Waals surface area contributed by atoms with Gasteiger partial charge in [-0.15, -0.1) is 5.10 Å². The largest absolute Gasteiger partial charge is 0.403 e. The van der Waals surface area contributed by atoms with Crippen LogP contribution in [0.1, 0.15) is 10.4 Å². The summed E-state index contributed by atoms with van der Waals surface area (Å²) in [4.78, 5) is 12.1. The molecule has 2 aromatic carbocycles. The lowest BCUT2D eigenvalue weighted by Crippen LogP contribution is -2.12. The zero-order valence-corrected chi connectivity index (χ0v) is 11.5. The Bertz CT molecular complexity index is 771. The minimum atomic E-state index is -0.399. The van der Waals surface area contributed by atoms with Crippen LogP contribution < -0.4 is 5.32 Å². The Morgan fingerprint density at radius 3 is 2.48 bits per heavy atom.